The molecule has 0 aromatic heterocycles. The Balaban J connectivity index is 2.87. The Kier molecular flexibility index (Phi) is 4.73. The fourth-order valence-corrected chi connectivity index (χ4v) is 1.24. The average Bonchev–Trinajstić information content (AvgIpc) is 2.24. The van der Waals surface area contributed by atoms with Gasteiger partial charge in [0, 0.05) is 12.3 Å². The molecule has 0 radical (unpaired) electrons. The van der Waals surface area contributed by atoms with E-state index in [1.807, 2.05) is 0 Å². The van der Waals surface area contributed by atoms with Crippen molar-refractivity contribution in [1.82, 2.24) is 0 Å². The van der Waals surface area contributed by atoms with E-state index in [9.17, 15) is 18.4 Å². The van der Waals surface area contributed by atoms with Crippen LogP contribution in [0.25, 0.3) is 0 Å². The molecular weight excluding hydrogens is 248 g/mol. The summed E-state index contributed by atoms with van der Waals surface area (Å²) < 4.78 is 31.3. The van der Waals surface area contributed by atoms with Crippen molar-refractivity contribution in [3.8, 4) is 0 Å². The molecule has 0 saturated carbocycles. The molecule has 98 valence electrons. The zero-order chi connectivity index (χ0) is 13.7. The zero-order valence-corrected chi connectivity index (χ0v) is 9.50. The monoisotopic (exact) mass is 259 g/mol. The van der Waals surface area contributed by atoms with Crippen molar-refractivity contribution in [2.75, 3.05) is 18.5 Å². The van der Waals surface area contributed by atoms with Gasteiger partial charge in [-0.3, -0.25) is 4.79 Å². The van der Waals surface area contributed by atoms with Gasteiger partial charge >= 0.3 is 5.97 Å². The molecule has 0 saturated heterocycles. The first-order valence-corrected chi connectivity index (χ1v) is 5.05. The topological polar surface area (TPSA) is 75.6 Å². The van der Waals surface area contributed by atoms with E-state index in [4.69, 9.17) is 9.84 Å². The van der Waals surface area contributed by atoms with Crippen LogP contribution in [-0.4, -0.2) is 30.2 Å². The summed E-state index contributed by atoms with van der Waals surface area (Å²) in [6.07, 6.45) is 0. The molecule has 0 bridgehead atoms. The molecule has 2 N–H and O–H groups in total. The standard InChI is InChI=1S/C11H11F2NO4/c1-2-18-5-9(15)14-6-3-7(12)10(11(16)17)8(13)4-6/h3-4H,2,5H2,1H3,(H,14,15)(H,16,17). The van der Waals surface area contributed by atoms with E-state index in [0.717, 1.165) is 12.1 Å². The number of carboxylic acids is 1. The highest BCUT2D eigenvalue weighted by Crippen LogP contribution is 2.18. The van der Waals surface area contributed by atoms with E-state index in [-0.39, 0.29) is 12.3 Å². The number of nitrogens with one attached hydrogen (secondary N) is 1. The van der Waals surface area contributed by atoms with Gasteiger partial charge in [0.15, 0.2) is 0 Å². The van der Waals surface area contributed by atoms with Crippen molar-refractivity contribution in [2.24, 2.45) is 0 Å². The Bertz CT molecular complexity index is 453. The third-order valence-electron chi connectivity index (χ3n) is 1.98. The summed E-state index contributed by atoms with van der Waals surface area (Å²) >= 11 is 0. The second-order valence-corrected chi connectivity index (χ2v) is 3.31. The Morgan fingerprint density at radius 2 is 1.89 bits per heavy atom. The summed E-state index contributed by atoms with van der Waals surface area (Å²) in [7, 11) is 0. The first-order chi connectivity index (χ1) is 8.45. The molecular formula is C11H11F2NO4. The highest BCUT2D eigenvalue weighted by atomic mass is 19.1. The van der Waals surface area contributed by atoms with Gasteiger partial charge in [0.05, 0.1) is 0 Å². The van der Waals surface area contributed by atoms with E-state index < -0.39 is 29.1 Å². The molecule has 1 aromatic rings. The minimum absolute atomic E-state index is 0.167. The number of hydrogen-bond acceptors (Lipinski definition) is 3. The number of carboxylic acid groups (broad SMARTS) is 1. The van der Waals surface area contributed by atoms with Crippen LogP contribution in [-0.2, 0) is 9.53 Å². The lowest BCUT2D eigenvalue weighted by Gasteiger charge is -2.07. The van der Waals surface area contributed by atoms with Crippen LogP contribution in [0.3, 0.4) is 0 Å². The maximum atomic E-state index is 13.3. The van der Waals surface area contributed by atoms with E-state index in [1.165, 1.54) is 0 Å². The van der Waals surface area contributed by atoms with Crippen molar-refractivity contribution in [3.05, 3.63) is 29.3 Å². The lowest BCUT2D eigenvalue weighted by atomic mass is 10.2. The molecule has 18 heavy (non-hydrogen) atoms. The number of amides is 1. The van der Waals surface area contributed by atoms with Crippen LogP contribution < -0.4 is 5.32 Å². The number of hydrogen-bond donors (Lipinski definition) is 2. The first-order valence-electron chi connectivity index (χ1n) is 5.05. The summed E-state index contributed by atoms with van der Waals surface area (Å²) in [5.74, 6) is -4.81. The molecule has 5 nitrogen and oxygen atoms in total. The lowest BCUT2D eigenvalue weighted by Crippen LogP contribution is -2.19. The molecule has 0 heterocycles. The summed E-state index contributed by atoms with van der Waals surface area (Å²) in [6.45, 7) is 1.77. The number of rotatable bonds is 5. The number of benzene rings is 1. The van der Waals surface area contributed by atoms with Crippen molar-refractivity contribution in [3.63, 3.8) is 0 Å². The third-order valence-corrected chi connectivity index (χ3v) is 1.98. The Labute approximate surface area is 101 Å². The van der Waals surface area contributed by atoms with Crippen LogP contribution in [0.2, 0.25) is 0 Å². The molecule has 0 aliphatic rings. The van der Waals surface area contributed by atoms with Gasteiger partial charge in [-0.2, -0.15) is 0 Å². The van der Waals surface area contributed by atoms with E-state index >= 15 is 0 Å². The first kappa shape index (κ1) is 14.0. The van der Waals surface area contributed by atoms with Gasteiger partial charge in [-0.15, -0.1) is 0 Å². The number of anilines is 1. The Hall–Kier alpha value is -2.02. The maximum absolute atomic E-state index is 13.3. The average molecular weight is 259 g/mol. The number of carbonyl (C=O) groups excluding carboxylic acids is 1. The summed E-state index contributed by atoms with van der Waals surface area (Å²) in [6, 6.07) is 1.47. The molecule has 0 aliphatic carbocycles. The maximum Gasteiger partial charge on any atom is 0.341 e. The predicted octanol–water partition coefficient (Wildman–Crippen LogP) is 1.64. The van der Waals surface area contributed by atoms with Crippen molar-refractivity contribution >= 4 is 17.6 Å². The molecule has 7 heteroatoms. The quantitative estimate of drug-likeness (QED) is 0.842. The molecule has 0 atom stereocenters. The Morgan fingerprint density at radius 3 is 2.33 bits per heavy atom. The number of carbonyl (C=O) groups is 2. The van der Waals surface area contributed by atoms with Crippen LogP contribution in [0.5, 0.6) is 0 Å². The fraction of sp³-hybridized carbons (Fsp3) is 0.273. The number of halogens is 2. The normalized spacial score (nSPS) is 10.2. The SMILES string of the molecule is CCOCC(=O)Nc1cc(F)c(C(=O)O)c(F)c1. The summed E-state index contributed by atoms with van der Waals surface area (Å²) in [5.41, 5.74) is -1.22. The fourth-order valence-electron chi connectivity index (χ4n) is 1.24. The molecule has 1 rings (SSSR count). The van der Waals surface area contributed by atoms with Crippen molar-refractivity contribution in [2.45, 2.75) is 6.92 Å². The molecule has 1 amide bonds. The largest absolute Gasteiger partial charge is 0.477 e. The number of aromatic carboxylic acids is 1. The van der Waals surface area contributed by atoms with Crippen LogP contribution in [0.1, 0.15) is 17.3 Å². The van der Waals surface area contributed by atoms with Crippen LogP contribution in [0, 0.1) is 11.6 Å². The predicted molar refractivity (Wildman–Crippen MR) is 58.4 cm³/mol. The highest BCUT2D eigenvalue weighted by Gasteiger charge is 2.18. The van der Waals surface area contributed by atoms with Gasteiger partial charge in [-0.1, -0.05) is 0 Å². The molecule has 0 aliphatic heterocycles. The molecule has 0 unspecified atom stereocenters. The summed E-state index contributed by atoms with van der Waals surface area (Å²) in [4.78, 5) is 21.7. The smallest absolute Gasteiger partial charge is 0.341 e. The van der Waals surface area contributed by atoms with Crippen molar-refractivity contribution < 1.29 is 28.2 Å². The van der Waals surface area contributed by atoms with Gasteiger partial charge in [0.2, 0.25) is 5.91 Å². The van der Waals surface area contributed by atoms with E-state index in [2.05, 4.69) is 5.32 Å². The second kappa shape index (κ2) is 6.06. The van der Waals surface area contributed by atoms with Crippen LogP contribution in [0.15, 0.2) is 12.1 Å². The molecule has 1 aromatic carbocycles. The van der Waals surface area contributed by atoms with Crippen molar-refractivity contribution in [1.29, 1.82) is 0 Å². The lowest BCUT2D eigenvalue weighted by molar-refractivity contribution is -0.120. The highest BCUT2D eigenvalue weighted by molar-refractivity contribution is 5.93. The summed E-state index contributed by atoms with van der Waals surface area (Å²) in [5, 5.41) is 10.7. The van der Waals surface area contributed by atoms with Gasteiger partial charge in [0.25, 0.3) is 0 Å². The molecule has 0 fully saturated rings. The second-order valence-electron chi connectivity index (χ2n) is 3.31. The van der Waals surface area contributed by atoms with Gasteiger partial charge in [-0.05, 0) is 19.1 Å². The van der Waals surface area contributed by atoms with E-state index in [0.29, 0.717) is 6.61 Å². The minimum atomic E-state index is -1.71. The van der Waals surface area contributed by atoms with Crippen LogP contribution in [0.4, 0.5) is 14.5 Å². The van der Waals surface area contributed by atoms with Gasteiger partial charge in [0.1, 0.15) is 23.8 Å². The minimum Gasteiger partial charge on any atom is -0.477 e. The van der Waals surface area contributed by atoms with E-state index in [1.54, 1.807) is 6.92 Å². The Morgan fingerprint density at radius 1 is 1.33 bits per heavy atom. The zero-order valence-electron chi connectivity index (χ0n) is 9.50. The molecule has 0 spiro atoms. The van der Waals surface area contributed by atoms with Crippen LogP contribution >= 0.6 is 0 Å². The van der Waals surface area contributed by atoms with Gasteiger partial charge < -0.3 is 15.2 Å². The third kappa shape index (κ3) is 3.49. The number of ether oxygens (including phenoxy) is 1. The van der Waals surface area contributed by atoms with Gasteiger partial charge in [-0.25, -0.2) is 13.6 Å².